The van der Waals surface area contributed by atoms with Gasteiger partial charge in [-0.3, -0.25) is 9.59 Å². The normalized spacial score (nSPS) is 22.7. The smallest absolute Gasteiger partial charge is 0.272 e. The molecule has 2 saturated carbocycles. The van der Waals surface area contributed by atoms with Crippen molar-refractivity contribution in [1.82, 2.24) is 10.2 Å². The molecule has 1 aromatic rings. The van der Waals surface area contributed by atoms with Gasteiger partial charge in [0, 0.05) is 32.1 Å². The molecule has 1 N–H and O–H groups in total. The van der Waals surface area contributed by atoms with Gasteiger partial charge in [-0.2, -0.15) is 0 Å². The molecule has 0 aromatic heterocycles. The first-order chi connectivity index (χ1) is 15.5. The molecule has 0 saturated heterocycles. The van der Waals surface area contributed by atoms with Gasteiger partial charge in [-0.15, -0.1) is 0 Å². The van der Waals surface area contributed by atoms with Crippen molar-refractivity contribution in [3.63, 3.8) is 0 Å². The third-order valence-corrected chi connectivity index (χ3v) is 7.58. The number of hydrogen-bond donors (Lipinski definition) is 1. The number of carbonyl (C=O) groups excluding carboxylic acids is 2. The number of aliphatic imine (C=N–C) groups is 1. The first-order valence-electron chi connectivity index (χ1n) is 12.5. The summed E-state index contributed by atoms with van der Waals surface area (Å²) in [5, 5.41) is 2.96. The van der Waals surface area contributed by atoms with Crippen molar-refractivity contribution in [1.29, 1.82) is 0 Å². The van der Waals surface area contributed by atoms with Crippen LogP contribution in [0, 0.1) is 5.92 Å². The molecule has 0 bridgehead atoms. The van der Waals surface area contributed by atoms with Gasteiger partial charge in [0.05, 0.1) is 5.69 Å². The van der Waals surface area contributed by atoms with E-state index in [1.165, 1.54) is 51.4 Å². The highest BCUT2D eigenvalue weighted by Crippen LogP contribution is 2.30. The van der Waals surface area contributed by atoms with E-state index in [-0.39, 0.29) is 11.8 Å². The molecule has 1 atom stereocenters. The van der Waals surface area contributed by atoms with E-state index in [0.29, 0.717) is 18.4 Å². The molecule has 1 aliphatic heterocycles. The number of nitrogens with one attached hydrogen (secondary N) is 1. The second-order valence-electron chi connectivity index (χ2n) is 9.78. The van der Waals surface area contributed by atoms with Gasteiger partial charge in [0.1, 0.15) is 5.84 Å². The average molecular weight is 439 g/mol. The van der Waals surface area contributed by atoms with E-state index in [2.05, 4.69) is 17.3 Å². The highest BCUT2D eigenvalue weighted by atomic mass is 16.2. The maximum Gasteiger partial charge on any atom is 0.272 e. The van der Waals surface area contributed by atoms with E-state index >= 15 is 0 Å². The van der Waals surface area contributed by atoms with Crippen molar-refractivity contribution >= 4 is 23.3 Å². The fraction of sp³-hybridized carbons (Fsp3) is 0.654. The predicted octanol–water partition coefficient (Wildman–Crippen LogP) is 4.48. The number of amidine groups is 1. The van der Waals surface area contributed by atoms with E-state index in [9.17, 15) is 9.59 Å². The van der Waals surface area contributed by atoms with E-state index in [4.69, 9.17) is 4.99 Å². The van der Waals surface area contributed by atoms with Crippen molar-refractivity contribution in [2.45, 2.75) is 89.3 Å². The molecule has 4 rings (SSSR count). The molecule has 1 aromatic carbocycles. The first kappa shape index (κ1) is 22.8. The summed E-state index contributed by atoms with van der Waals surface area (Å²) in [6, 6.07) is 8.35. The van der Waals surface area contributed by atoms with Gasteiger partial charge >= 0.3 is 0 Å². The minimum absolute atomic E-state index is 0.0725. The van der Waals surface area contributed by atoms with Gasteiger partial charge in [0.25, 0.3) is 5.91 Å². The third-order valence-electron chi connectivity index (χ3n) is 7.58. The molecule has 6 nitrogen and oxygen atoms in total. The third kappa shape index (κ3) is 5.16. The van der Waals surface area contributed by atoms with E-state index in [0.717, 1.165) is 36.3 Å². The summed E-state index contributed by atoms with van der Waals surface area (Å²) in [5.74, 6) is 1.19. The van der Waals surface area contributed by atoms with Crippen molar-refractivity contribution < 1.29 is 9.59 Å². The van der Waals surface area contributed by atoms with Crippen molar-refractivity contribution in [3.8, 4) is 0 Å². The lowest BCUT2D eigenvalue weighted by Crippen LogP contribution is -2.46. The number of hydrogen-bond acceptors (Lipinski definition) is 4. The van der Waals surface area contributed by atoms with Gasteiger partial charge in [0.2, 0.25) is 12.1 Å². The number of para-hydroxylation sites is 1. The van der Waals surface area contributed by atoms with Crippen LogP contribution in [0.15, 0.2) is 29.3 Å². The molecular weight excluding hydrogens is 400 g/mol. The molecule has 2 amide bonds. The maximum absolute atomic E-state index is 13.3. The highest BCUT2D eigenvalue weighted by Gasteiger charge is 2.33. The largest absolute Gasteiger partial charge is 0.356 e. The fourth-order valence-electron chi connectivity index (χ4n) is 5.56. The number of anilines is 1. The number of carbonyl (C=O) groups is 2. The minimum atomic E-state index is -0.882. The standard InChI is InChI=1S/C26H38N4O2/c1-29(20-13-7-4-8-14-20)25-21-15-9-10-16-22(21)30(2)26(32)24(28-25)27-23(31)18-17-19-11-5-3-6-12-19/h9-10,15-16,19-20,24H,3-8,11-14,17-18H2,1-2H3,(H,27,31). The number of amides is 2. The van der Waals surface area contributed by atoms with Gasteiger partial charge in [-0.25, -0.2) is 4.99 Å². The van der Waals surface area contributed by atoms with Crippen LogP contribution >= 0.6 is 0 Å². The zero-order valence-electron chi connectivity index (χ0n) is 19.7. The summed E-state index contributed by atoms with van der Waals surface area (Å²) in [6.45, 7) is 0. The van der Waals surface area contributed by atoms with Crippen LogP contribution in [0.4, 0.5) is 5.69 Å². The summed E-state index contributed by atoms with van der Waals surface area (Å²) < 4.78 is 0. The summed E-state index contributed by atoms with van der Waals surface area (Å²) in [4.78, 5) is 34.8. The Morgan fingerprint density at radius 1 is 1.06 bits per heavy atom. The van der Waals surface area contributed by atoms with Gasteiger partial charge in [-0.05, 0) is 37.3 Å². The Balaban J connectivity index is 1.54. The van der Waals surface area contributed by atoms with Crippen LogP contribution in [-0.4, -0.2) is 48.9 Å². The van der Waals surface area contributed by atoms with E-state index < -0.39 is 6.17 Å². The van der Waals surface area contributed by atoms with Crippen LogP contribution in [0.3, 0.4) is 0 Å². The van der Waals surface area contributed by atoms with Gasteiger partial charge in [0.15, 0.2) is 0 Å². The molecular formula is C26H38N4O2. The molecule has 1 unspecified atom stereocenters. The number of benzodiazepines with no additional fused rings is 1. The molecule has 2 fully saturated rings. The predicted molar refractivity (Wildman–Crippen MR) is 129 cm³/mol. The molecule has 2 aliphatic carbocycles. The SMILES string of the molecule is CN1C(=O)C(NC(=O)CCC2CCCCC2)N=C(N(C)C2CCCCC2)c2ccccc21. The van der Waals surface area contributed by atoms with E-state index in [1.54, 1.807) is 11.9 Å². The Labute approximate surface area is 192 Å². The van der Waals surface area contributed by atoms with Crippen LogP contribution in [0.5, 0.6) is 0 Å². The number of benzene rings is 1. The van der Waals surface area contributed by atoms with Crippen LogP contribution in [-0.2, 0) is 9.59 Å². The Hall–Kier alpha value is -2.37. The molecule has 174 valence electrons. The Bertz CT molecular complexity index is 840. The number of rotatable bonds is 5. The molecule has 3 aliphatic rings. The summed E-state index contributed by atoms with van der Waals surface area (Å²) in [7, 11) is 3.87. The summed E-state index contributed by atoms with van der Waals surface area (Å²) >= 11 is 0. The van der Waals surface area contributed by atoms with Crippen molar-refractivity contribution in [2.24, 2.45) is 10.9 Å². The lowest BCUT2D eigenvalue weighted by atomic mass is 9.86. The van der Waals surface area contributed by atoms with Gasteiger partial charge in [-0.1, -0.05) is 63.5 Å². The topological polar surface area (TPSA) is 65.0 Å². The van der Waals surface area contributed by atoms with Crippen LogP contribution < -0.4 is 10.2 Å². The zero-order chi connectivity index (χ0) is 22.5. The highest BCUT2D eigenvalue weighted by molar-refractivity contribution is 6.12. The first-order valence-corrected chi connectivity index (χ1v) is 12.5. The van der Waals surface area contributed by atoms with Crippen LogP contribution in [0.1, 0.15) is 82.6 Å². The van der Waals surface area contributed by atoms with Gasteiger partial charge < -0.3 is 15.1 Å². The molecule has 6 heteroatoms. The quantitative estimate of drug-likeness (QED) is 0.737. The van der Waals surface area contributed by atoms with Crippen molar-refractivity contribution in [3.05, 3.63) is 29.8 Å². The Kier molecular flexibility index (Phi) is 7.48. The zero-order valence-corrected chi connectivity index (χ0v) is 19.7. The second kappa shape index (κ2) is 10.5. The lowest BCUT2D eigenvalue weighted by Gasteiger charge is -2.34. The molecule has 0 spiro atoms. The number of likely N-dealkylation sites (N-methyl/N-ethyl adjacent to an activating group) is 1. The maximum atomic E-state index is 13.3. The minimum Gasteiger partial charge on any atom is -0.356 e. The fourth-order valence-corrected chi connectivity index (χ4v) is 5.56. The van der Waals surface area contributed by atoms with E-state index in [1.807, 2.05) is 24.3 Å². The molecule has 0 radical (unpaired) electrons. The monoisotopic (exact) mass is 438 g/mol. The number of nitrogens with zero attached hydrogens (tertiary/aromatic N) is 3. The van der Waals surface area contributed by atoms with Crippen LogP contribution in [0.2, 0.25) is 0 Å². The molecule has 32 heavy (non-hydrogen) atoms. The number of fused-ring (bicyclic) bond motifs is 1. The Morgan fingerprint density at radius 3 is 2.44 bits per heavy atom. The Morgan fingerprint density at radius 2 is 1.72 bits per heavy atom. The second-order valence-corrected chi connectivity index (χ2v) is 9.78. The summed E-state index contributed by atoms with van der Waals surface area (Å²) in [6.07, 6.45) is 12.8. The average Bonchev–Trinajstić information content (AvgIpc) is 2.94. The van der Waals surface area contributed by atoms with Crippen LogP contribution in [0.25, 0.3) is 0 Å². The van der Waals surface area contributed by atoms with Crippen molar-refractivity contribution in [2.75, 3.05) is 19.0 Å². The molecule has 1 heterocycles. The summed E-state index contributed by atoms with van der Waals surface area (Å²) in [5.41, 5.74) is 1.80. The lowest BCUT2D eigenvalue weighted by molar-refractivity contribution is -0.127.